The van der Waals surface area contributed by atoms with Crippen molar-refractivity contribution in [2.75, 3.05) is 13.7 Å². The Labute approximate surface area is 77.5 Å². The van der Waals surface area contributed by atoms with Crippen LogP contribution in [0.15, 0.2) is 24.3 Å². The van der Waals surface area contributed by atoms with E-state index in [0.29, 0.717) is 12.4 Å². The number of ether oxygens (including phenoxy) is 2. The highest BCUT2D eigenvalue weighted by Crippen LogP contribution is 2.13. The molecule has 0 aliphatic rings. The van der Waals surface area contributed by atoms with Crippen molar-refractivity contribution in [1.82, 2.24) is 0 Å². The standard InChI is InChI=1S/C10H11NO2/c1-12-8-9-3-2-4-10(7-9)13-6-5-11/h2-4,7H,6,8H2,1H3. The molecule has 0 unspecified atom stereocenters. The molecule has 1 aromatic rings. The normalized spacial score (nSPS) is 9.23. The summed E-state index contributed by atoms with van der Waals surface area (Å²) in [6.45, 7) is 0.639. The molecule has 13 heavy (non-hydrogen) atoms. The molecule has 0 spiro atoms. The molecule has 0 amide bonds. The summed E-state index contributed by atoms with van der Waals surface area (Å²) in [5.41, 5.74) is 1.04. The van der Waals surface area contributed by atoms with Crippen molar-refractivity contribution in [2.24, 2.45) is 0 Å². The van der Waals surface area contributed by atoms with Crippen LogP contribution < -0.4 is 4.74 Å². The lowest BCUT2D eigenvalue weighted by Gasteiger charge is -2.03. The Morgan fingerprint density at radius 3 is 3.00 bits per heavy atom. The molecular formula is C10H11NO2. The molecule has 1 aromatic carbocycles. The number of hydrogen-bond donors (Lipinski definition) is 0. The van der Waals surface area contributed by atoms with Gasteiger partial charge < -0.3 is 9.47 Å². The smallest absolute Gasteiger partial charge is 0.174 e. The molecule has 0 aliphatic carbocycles. The molecule has 0 fully saturated rings. The molecule has 0 bridgehead atoms. The van der Waals surface area contributed by atoms with Gasteiger partial charge in [0.25, 0.3) is 0 Å². The number of nitriles is 1. The fourth-order valence-electron chi connectivity index (χ4n) is 1.01. The number of hydrogen-bond acceptors (Lipinski definition) is 3. The molecule has 0 heterocycles. The summed E-state index contributed by atoms with van der Waals surface area (Å²) in [5, 5.41) is 8.30. The lowest BCUT2D eigenvalue weighted by Crippen LogP contribution is -1.94. The van der Waals surface area contributed by atoms with E-state index in [9.17, 15) is 0 Å². The van der Waals surface area contributed by atoms with Crippen LogP contribution in [0.4, 0.5) is 0 Å². The predicted octanol–water partition coefficient (Wildman–Crippen LogP) is 1.74. The zero-order valence-electron chi connectivity index (χ0n) is 7.49. The number of methoxy groups -OCH3 is 1. The molecule has 3 nitrogen and oxygen atoms in total. The maximum Gasteiger partial charge on any atom is 0.174 e. The quantitative estimate of drug-likeness (QED) is 0.703. The van der Waals surface area contributed by atoms with E-state index in [1.807, 2.05) is 30.3 Å². The van der Waals surface area contributed by atoms with E-state index in [1.165, 1.54) is 0 Å². The third-order valence-corrected chi connectivity index (χ3v) is 1.51. The summed E-state index contributed by atoms with van der Waals surface area (Å²) in [7, 11) is 1.64. The molecular weight excluding hydrogens is 166 g/mol. The van der Waals surface area contributed by atoms with Gasteiger partial charge in [0.2, 0.25) is 0 Å². The van der Waals surface area contributed by atoms with Gasteiger partial charge >= 0.3 is 0 Å². The molecule has 3 heteroatoms. The first-order valence-electron chi connectivity index (χ1n) is 3.94. The first-order chi connectivity index (χ1) is 6.36. The Morgan fingerprint density at radius 2 is 2.31 bits per heavy atom. The molecule has 1 rings (SSSR count). The van der Waals surface area contributed by atoms with Gasteiger partial charge in [-0.1, -0.05) is 12.1 Å². The molecule has 0 atom stereocenters. The molecule has 0 radical (unpaired) electrons. The Bertz CT molecular complexity index is 304. The Kier molecular flexibility index (Phi) is 3.80. The van der Waals surface area contributed by atoms with Gasteiger partial charge in [0, 0.05) is 7.11 Å². The minimum atomic E-state index is 0.0798. The lowest BCUT2D eigenvalue weighted by atomic mass is 10.2. The minimum Gasteiger partial charge on any atom is -0.479 e. The topological polar surface area (TPSA) is 42.2 Å². The van der Waals surface area contributed by atoms with Crippen molar-refractivity contribution in [2.45, 2.75) is 6.61 Å². The molecule has 0 saturated heterocycles. The Hall–Kier alpha value is -1.53. The number of rotatable bonds is 4. The van der Waals surface area contributed by atoms with Crippen LogP contribution in [0.5, 0.6) is 5.75 Å². The largest absolute Gasteiger partial charge is 0.479 e. The van der Waals surface area contributed by atoms with Gasteiger partial charge in [-0.25, -0.2) is 0 Å². The van der Waals surface area contributed by atoms with Crippen molar-refractivity contribution < 1.29 is 9.47 Å². The first kappa shape index (κ1) is 9.56. The zero-order chi connectivity index (χ0) is 9.52. The number of nitrogens with zero attached hydrogens (tertiary/aromatic N) is 1. The van der Waals surface area contributed by atoms with Crippen LogP contribution >= 0.6 is 0 Å². The van der Waals surface area contributed by atoms with Gasteiger partial charge in [-0.15, -0.1) is 0 Å². The molecule has 0 saturated carbocycles. The summed E-state index contributed by atoms with van der Waals surface area (Å²) < 4.78 is 10.1. The SMILES string of the molecule is COCc1cccc(OCC#N)c1. The summed E-state index contributed by atoms with van der Waals surface area (Å²) in [4.78, 5) is 0. The molecule has 0 aliphatic heterocycles. The van der Waals surface area contributed by atoms with E-state index in [-0.39, 0.29) is 6.61 Å². The first-order valence-corrected chi connectivity index (χ1v) is 3.94. The van der Waals surface area contributed by atoms with Crippen LogP contribution in [0, 0.1) is 11.3 Å². The summed E-state index contributed by atoms with van der Waals surface area (Å²) in [5.74, 6) is 0.705. The van der Waals surface area contributed by atoms with E-state index in [4.69, 9.17) is 14.7 Å². The monoisotopic (exact) mass is 177 g/mol. The predicted molar refractivity (Wildman–Crippen MR) is 48.3 cm³/mol. The second-order valence-corrected chi connectivity index (χ2v) is 2.53. The highest BCUT2D eigenvalue weighted by molar-refractivity contribution is 5.28. The maximum atomic E-state index is 8.30. The van der Waals surface area contributed by atoms with Gasteiger partial charge in [0.05, 0.1) is 6.61 Å². The van der Waals surface area contributed by atoms with Gasteiger partial charge in [0.15, 0.2) is 6.61 Å². The maximum absolute atomic E-state index is 8.30. The zero-order valence-corrected chi connectivity index (χ0v) is 7.49. The highest BCUT2D eigenvalue weighted by atomic mass is 16.5. The van der Waals surface area contributed by atoms with Crippen molar-refractivity contribution in [1.29, 1.82) is 5.26 Å². The van der Waals surface area contributed by atoms with Crippen LogP contribution in [0.2, 0.25) is 0 Å². The molecule has 68 valence electrons. The van der Waals surface area contributed by atoms with Gasteiger partial charge in [0.1, 0.15) is 11.8 Å². The summed E-state index contributed by atoms with van der Waals surface area (Å²) >= 11 is 0. The third-order valence-electron chi connectivity index (χ3n) is 1.51. The second kappa shape index (κ2) is 5.18. The molecule has 0 N–H and O–H groups in total. The van der Waals surface area contributed by atoms with E-state index < -0.39 is 0 Å². The van der Waals surface area contributed by atoms with Crippen LogP contribution in [0.25, 0.3) is 0 Å². The third kappa shape index (κ3) is 3.14. The fraction of sp³-hybridized carbons (Fsp3) is 0.300. The van der Waals surface area contributed by atoms with E-state index >= 15 is 0 Å². The van der Waals surface area contributed by atoms with Crippen LogP contribution in [0.3, 0.4) is 0 Å². The second-order valence-electron chi connectivity index (χ2n) is 2.53. The lowest BCUT2D eigenvalue weighted by molar-refractivity contribution is 0.184. The molecule has 0 aromatic heterocycles. The van der Waals surface area contributed by atoms with Crippen molar-refractivity contribution >= 4 is 0 Å². The van der Waals surface area contributed by atoms with Gasteiger partial charge in [-0.05, 0) is 17.7 Å². The Balaban J connectivity index is 2.63. The summed E-state index contributed by atoms with van der Waals surface area (Å²) in [6, 6.07) is 9.42. The van der Waals surface area contributed by atoms with E-state index in [1.54, 1.807) is 7.11 Å². The van der Waals surface area contributed by atoms with Crippen LogP contribution in [0.1, 0.15) is 5.56 Å². The fourth-order valence-corrected chi connectivity index (χ4v) is 1.01. The average Bonchev–Trinajstić information content (AvgIpc) is 2.16. The van der Waals surface area contributed by atoms with Crippen molar-refractivity contribution in [3.05, 3.63) is 29.8 Å². The summed E-state index contributed by atoms with van der Waals surface area (Å²) in [6.07, 6.45) is 0. The Morgan fingerprint density at radius 1 is 1.46 bits per heavy atom. The highest BCUT2D eigenvalue weighted by Gasteiger charge is 1.95. The van der Waals surface area contributed by atoms with Crippen molar-refractivity contribution in [3.8, 4) is 11.8 Å². The van der Waals surface area contributed by atoms with Crippen LogP contribution in [-0.4, -0.2) is 13.7 Å². The van der Waals surface area contributed by atoms with Gasteiger partial charge in [-0.2, -0.15) is 5.26 Å². The minimum absolute atomic E-state index is 0.0798. The number of benzene rings is 1. The van der Waals surface area contributed by atoms with E-state index in [2.05, 4.69) is 0 Å². The van der Waals surface area contributed by atoms with Crippen LogP contribution in [-0.2, 0) is 11.3 Å². The van der Waals surface area contributed by atoms with E-state index in [0.717, 1.165) is 5.56 Å². The average molecular weight is 177 g/mol. The van der Waals surface area contributed by atoms with Gasteiger partial charge in [-0.3, -0.25) is 0 Å². The van der Waals surface area contributed by atoms with Crippen molar-refractivity contribution in [3.63, 3.8) is 0 Å².